The van der Waals surface area contributed by atoms with E-state index in [1.807, 2.05) is 0 Å². The molecule has 14 aromatic rings. The van der Waals surface area contributed by atoms with Crippen molar-refractivity contribution < 1.29 is 0 Å². The van der Waals surface area contributed by atoms with Gasteiger partial charge >= 0.3 is 0 Å². The van der Waals surface area contributed by atoms with E-state index < -0.39 is 0 Å². The van der Waals surface area contributed by atoms with Gasteiger partial charge in [-0.05, 0) is 139 Å². The quantitative estimate of drug-likeness (QED) is 0.160. The van der Waals surface area contributed by atoms with Crippen molar-refractivity contribution in [3.8, 4) is 62.4 Å². The zero-order valence-electron chi connectivity index (χ0n) is 51.0. The van der Waals surface area contributed by atoms with Crippen molar-refractivity contribution in [2.75, 3.05) is 0 Å². The van der Waals surface area contributed by atoms with Crippen molar-refractivity contribution in [1.82, 2.24) is 28.7 Å². The lowest BCUT2D eigenvalue weighted by Gasteiger charge is -2.26. The number of hydrogen-bond acceptors (Lipinski definition) is 3. The Balaban J connectivity index is 1.08. The first-order valence-electron chi connectivity index (χ1n) is 30.0. The Morgan fingerprint density at radius 2 is 0.541 bits per heavy atom. The summed E-state index contributed by atoms with van der Waals surface area (Å²) in [5.74, 6) is 1.67. The molecule has 0 bridgehead atoms. The van der Waals surface area contributed by atoms with Gasteiger partial charge in [0.15, 0.2) is 11.6 Å². The molecule has 0 saturated carbocycles. The van der Waals surface area contributed by atoms with E-state index in [9.17, 15) is 0 Å². The van der Waals surface area contributed by atoms with Crippen LogP contribution in [0.15, 0.2) is 218 Å². The number of benzene rings is 10. The van der Waals surface area contributed by atoms with Gasteiger partial charge in [0.25, 0.3) is 0 Å². The Hall–Kier alpha value is -9.39. The molecule has 6 heteroatoms. The lowest BCUT2D eigenvalue weighted by molar-refractivity contribution is 0.568. The summed E-state index contributed by atoms with van der Waals surface area (Å²) in [6.07, 6.45) is 0. The predicted molar refractivity (Wildman–Crippen MR) is 359 cm³/mol. The third-order valence-corrected chi connectivity index (χ3v) is 17.5. The second-order valence-corrected chi connectivity index (χ2v) is 27.5. The molecule has 0 atom stereocenters. The van der Waals surface area contributed by atoms with Gasteiger partial charge in [0, 0.05) is 43.4 Å². The first kappa shape index (κ1) is 53.6. The lowest BCUT2D eigenvalue weighted by Crippen LogP contribution is -2.16. The van der Waals surface area contributed by atoms with Gasteiger partial charge in [0.05, 0.1) is 44.5 Å². The van der Waals surface area contributed by atoms with Gasteiger partial charge in [-0.25, -0.2) is 4.98 Å². The zero-order chi connectivity index (χ0) is 58.9. The zero-order valence-corrected chi connectivity index (χ0v) is 51.0. The highest BCUT2D eigenvalue weighted by atomic mass is 15.2. The molecule has 0 unspecified atom stereocenters. The van der Waals surface area contributed by atoms with E-state index in [0.717, 1.165) is 77.5 Å². The van der Waals surface area contributed by atoms with Crippen LogP contribution in [0, 0.1) is 0 Å². The number of para-hydroxylation sites is 6. The summed E-state index contributed by atoms with van der Waals surface area (Å²) in [7, 11) is 0. The molecular formula is C79H72N6. The number of hydrogen-bond donors (Lipinski definition) is 0. The van der Waals surface area contributed by atoms with E-state index in [0.29, 0.717) is 17.6 Å². The SMILES string of the molecule is CC(C)(C)c1cc(-c2ccc3c(c2)c2cc(-c4cc(C(C)(C)C)cc(C(C)(C)C)c4)ccc2n3-c2nc(-c3ccccc3-n3c4ccccc4c4ccccc43)nc(-c3ccccc3-n3c4ccccc4c4ccccc43)n2)cc(C(C)(C)C)c1. The first-order chi connectivity index (χ1) is 40.7. The van der Waals surface area contributed by atoms with Crippen molar-refractivity contribution in [3.05, 3.63) is 241 Å². The summed E-state index contributed by atoms with van der Waals surface area (Å²) in [6, 6.07) is 80.4. The van der Waals surface area contributed by atoms with E-state index in [1.165, 1.54) is 54.9 Å². The minimum absolute atomic E-state index is 0.0486. The standard InChI is InChI=1S/C79H72N6/c1-76(2,3)53-41-51(42-54(47-53)77(4,5)6)49-37-39-71-63(45-49)64-46-50(52-43-55(78(7,8)9)48-56(44-52)79(10,11)12)38-40-72(64)85(71)75-81-73(61-29-17-23-35-69(61)83-65-31-19-13-25-57(65)58-26-14-20-32-66(58)83)80-74(82-75)62-30-18-24-36-70(62)84-67-33-21-15-27-59(67)60-28-16-22-34-68(60)84/h13-48H,1-12H3. The molecule has 4 aromatic heterocycles. The molecule has 0 fully saturated rings. The fourth-order valence-electron chi connectivity index (χ4n) is 12.7. The molecule has 14 rings (SSSR count). The highest BCUT2D eigenvalue weighted by Gasteiger charge is 2.27. The van der Waals surface area contributed by atoms with E-state index >= 15 is 0 Å². The van der Waals surface area contributed by atoms with Crippen LogP contribution >= 0.6 is 0 Å². The van der Waals surface area contributed by atoms with Gasteiger partial charge in [0.1, 0.15) is 0 Å². The maximum absolute atomic E-state index is 5.73. The molecule has 0 saturated heterocycles. The normalized spacial score (nSPS) is 12.7. The van der Waals surface area contributed by atoms with Crippen LogP contribution in [-0.2, 0) is 21.7 Å². The van der Waals surface area contributed by atoms with Gasteiger partial charge in [-0.15, -0.1) is 0 Å². The van der Waals surface area contributed by atoms with Crippen molar-refractivity contribution in [2.24, 2.45) is 0 Å². The summed E-state index contributed by atoms with van der Waals surface area (Å²) < 4.78 is 7.04. The Labute approximate surface area is 499 Å². The van der Waals surface area contributed by atoms with Crippen molar-refractivity contribution >= 4 is 65.4 Å². The van der Waals surface area contributed by atoms with E-state index in [2.05, 4.69) is 315 Å². The highest BCUT2D eigenvalue weighted by Crippen LogP contribution is 2.44. The number of rotatable bonds is 7. The van der Waals surface area contributed by atoms with Crippen molar-refractivity contribution in [2.45, 2.75) is 105 Å². The molecule has 85 heavy (non-hydrogen) atoms. The summed E-state index contributed by atoms with van der Waals surface area (Å²) in [5, 5.41) is 7.00. The summed E-state index contributed by atoms with van der Waals surface area (Å²) in [4.78, 5) is 17.1. The van der Waals surface area contributed by atoms with Gasteiger partial charge in [-0.2, -0.15) is 9.97 Å². The van der Waals surface area contributed by atoms with Crippen molar-refractivity contribution in [3.63, 3.8) is 0 Å². The molecule has 0 aliphatic carbocycles. The number of nitrogens with zero attached hydrogens (tertiary/aromatic N) is 6. The Kier molecular flexibility index (Phi) is 12.4. The molecule has 0 aliphatic rings. The van der Waals surface area contributed by atoms with Crippen LogP contribution in [0.2, 0.25) is 0 Å². The fourth-order valence-corrected chi connectivity index (χ4v) is 12.7. The van der Waals surface area contributed by atoms with Crippen LogP contribution in [0.3, 0.4) is 0 Å². The third kappa shape index (κ3) is 9.21. The summed E-state index contributed by atoms with van der Waals surface area (Å²) in [5.41, 5.74) is 20.0. The number of fused-ring (bicyclic) bond motifs is 9. The molecule has 0 aliphatic heterocycles. The second kappa shape index (κ2) is 19.6. The molecule has 4 heterocycles. The van der Waals surface area contributed by atoms with Crippen molar-refractivity contribution in [1.29, 1.82) is 0 Å². The summed E-state index contributed by atoms with van der Waals surface area (Å²) >= 11 is 0. The molecule has 0 amide bonds. The largest absolute Gasteiger partial charge is 0.309 e. The molecule has 0 radical (unpaired) electrons. The fraction of sp³-hybridized carbons (Fsp3) is 0.203. The summed E-state index contributed by atoms with van der Waals surface area (Å²) in [6.45, 7) is 27.8. The van der Waals surface area contributed by atoms with Gasteiger partial charge in [-0.1, -0.05) is 229 Å². The van der Waals surface area contributed by atoms with E-state index in [4.69, 9.17) is 15.0 Å². The van der Waals surface area contributed by atoms with E-state index in [-0.39, 0.29) is 21.7 Å². The van der Waals surface area contributed by atoms with Crippen LogP contribution in [0.4, 0.5) is 0 Å². The van der Waals surface area contributed by atoms with Gasteiger partial charge in [-0.3, -0.25) is 4.57 Å². The number of aromatic nitrogens is 6. The van der Waals surface area contributed by atoms with Crippen LogP contribution in [-0.4, -0.2) is 28.7 Å². The van der Waals surface area contributed by atoms with Crippen LogP contribution < -0.4 is 0 Å². The van der Waals surface area contributed by atoms with Crippen LogP contribution in [0.5, 0.6) is 0 Å². The smallest absolute Gasteiger partial charge is 0.238 e. The Morgan fingerprint density at radius 3 is 0.871 bits per heavy atom. The minimum Gasteiger partial charge on any atom is -0.309 e. The lowest BCUT2D eigenvalue weighted by atomic mass is 9.78. The van der Waals surface area contributed by atoms with Gasteiger partial charge < -0.3 is 9.13 Å². The third-order valence-electron chi connectivity index (χ3n) is 17.5. The maximum Gasteiger partial charge on any atom is 0.238 e. The van der Waals surface area contributed by atoms with Crippen LogP contribution in [0.25, 0.3) is 128 Å². The Morgan fingerprint density at radius 1 is 0.247 bits per heavy atom. The average molecular weight is 1110 g/mol. The maximum atomic E-state index is 5.73. The molecule has 0 spiro atoms. The monoisotopic (exact) mass is 1100 g/mol. The van der Waals surface area contributed by atoms with Gasteiger partial charge in [0.2, 0.25) is 5.95 Å². The molecule has 10 aromatic carbocycles. The topological polar surface area (TPSA) is 53.5 Å². The Bertz CT molecular complexity index is 4510. The molecular weight excluding hydrogens is 1030 g/mol. The highest BCUT2D eigenvalue weighted by molar-refractivity contribution is 6.13. The molecule has 418 valence electrons. The van der Waals surface area contributed by atoms with E-state index in [1.54, 1.807) is 0 Å². The molecule has 6 nitrogen and oxygen atoms in total. The average Bonchev–Trinajstić information content (AvgIpc) is 2.00. The predicted octanol–water partition coefficient (Wildman–Crippen LogP) is 21.0. The van der Waals surface area contributed by atoms with Crippen LogP contribution in [0.1, 0.15) is 105 Å². The first-order valence-corrected chi connectivity index (χ1v) is 30.0. The minimum atomic E-state index is -0.0486. The molecule has 0 N–H and O–H groups in total. The second-order valence-electron chi connectivity index (χ2n) is 27.5.